The number of carboxylic acids is 1. The molecule has 6 nitrogen and oxygen atoms in total. The second-order valence-electron chi connectivity index (χ2n) is 3.95. The molecule has 0 unspecified atom stereocenters. The van der Waals surface area contributed by atoms with Crippen LogP contribution in [0.15, 0.2) is 34.7 Å². The summed E-state index contributed by atoms with van der Waals surface area (Å²) in [6.07, 6.45) is 0. The van der Waals surface area contributed by atoms with E-state index in [1.54, 1.807) is 13.2 Å². The highest BCUT2D eigenvalue weighted by Gasteiger charge is 2.14. The van der Waals surface area contributed by atoms with Crippen LogP contribution in [-0.2, 0) is 0 Å². The number of H-pyrrole nitrogens is 1. The third-order valence-electron chi connectivity index (χ3n) is 2.80. The van der Waals surface area contributed by atoms with E-state index < -0.39 is 5.97 Å². The minimum atomic E-state index is -1.09. The van der Waals surface area contributed by atoms with Crippen molar-refractivity contribution in [2.45, 2.75) is 0 Å². The summed E-state index contributed by atoms with van der Waals surface area (Å²) >= 11 is 0. The van der Waals surface area contributed by atoms with Gasteiger partial charge in [-0.25, -0.2) is 4.79 Å². The van der Waals surface area contributed by atoms with E-state index in [-0.39, 0.29) is 5.69 Å². The van der Waals surface area contributed by atoms with Crippen molar-refractivity contribution in [1.29, 1.82) is 0 Å². The Hall–Kier alpha value is -2.76. The van der Waals surface area contributed by atoms with Gasteiger partial charge in [-0.1, -0.05) is 6.07 Å². The highest BCUT2D eigenvalue weighted by Crippen LogP contribution is 2.32. The van der Waals surface area contributed by atoms with Crippen LogP contribution in [0.1, 0.15) is 10.5 Å². The third-order valence-corrected chi connectivity index (χ3v) is 2.80. The topological polar surface area (TPSA) is 88.3 Å². The number of carboxylic acid groups (broad SMARTS) is 1. The molecule has 6 heteroatoms. The summed E-state index contributed by atoms with van der Waals surface area (Å²) < 4.78 is 10.9. The molecule has 2 heterocycles. The Bertz CT molecular complexity index is 757. The first-order valence-corrected chi connectivity index (χ1v) is 5.54. The van der Waals surface area contributed by atoms with E-state index in [0.29, 0.717) is 22.8 Å². The van der Waals surface area contributed by atoms with Gasteiger partial charge in [-0.3, -0.25) is 5.10 Å². The van der Waals surface area contributed by atoms with Crippen molar-refractivity contribution in [3.63, 3.8) is 0 Å². The Balaban J connectivity index is 2.12. The number of hydrogen-bond donors (Lipinski definition) is 2. The Morgan fingerprint density at radius 1 is 1.42 bits per heavy atom. The van der Waals surface area contributed by atoms with Crippen LogP contribution in [0.3, 0.4) is 0 Å². The largest absolute Gasteiger partial charge is 0.496 e. The number of rotatable bonds is 3. The number of aromatic nitrogens is 2. The van der Waals surface area contributed by atoms with E-state index >= 15 is 0 Å². The number of carbonyl (C=O) groups is 1. The Labute approximate surface area is 107 Å². The van der Waals surface area contributed by atoms with Gasteiger partial charge in [-0.15, -0.1) is 0 Å². The zero-order valence-electron chi connectivity index (χ0n) is 10.0. The molecule has 0 bridgehead atoms. The molecule has 0 amide bonds. The molecular formula is C13H10N2O4. The fourth-order valence-electron chi connectivity index (χ4n) is 1.90. The molecule has 2 aromatic heterocycles. The first-order valence-electron chi connectivity index (χ1n) is 5.54. The maximum Gasteiger partial charge on any atom is 0.356 e. The fourth-order valence-corrected chi connectivity index (χ4v) is 1.90. The van der Waals surface area contributed by atoms with Crippen LogP contribution in [0.4, 0.5) is 0 Å². The van der Waals surface area contributed by atoms with Crippen LogP contribution in [0.2, 0.25) is 0 Å². The minimum absolute atomic E-state index is 0.0533. The molecule has 0 saturated heterocycles. The van der Waals surface area contributed by atoms with Gasteiger partial charge in [0.15, 0.2) is 11.5 Å². The summed E-state index contributed by atoms with van der Waals surface area (Å²) in [5.41, 5.74) is 1.12. The maximum atomic E-state index is 10.8. The second kappa shape index (κ2) is 4.16. The highest BCUT2D eigenvalue weighted by atomic mass is 16.5. The normalized spacial score (nSPS) is 10.8. The number of furan rings is 1. The SMILES string of the molecule is COc1cccc2oc(-c3cc(C(=O)O)n[nH]3)cc12. The van der Waals surface area contributed by atoms with Crippen LogP contribution in [0.5, 0.6) is 5.75 Å². The molecule has 0 spiro atoms. The molecule has 0 saturated carbocycles. The molecule has 2 N–H and O–H groups in total. The smallest absolute Gasteiger partial charge is 0.356 e. The standard InChI is InChI=1S/C13H10N2O4/c1-18-10-3-2-4-11-7(10)5-12(19-11)8-6-9(13(16)17)15-14-8/h2-6H,1H3,(H,14,15)(H,16,17). The number of methoxy groups -OCH3 is 1. The molecule has 0 fully saturated rings. The van der Waals surface area contributed by atoms with Gasteiger partial charge in [0.2, 0.25) is 0 Å². The number of nitrogens with one attached hydrogen (secondary N) is 1. The monoisotopic (exact) mass is 258 g/mol. The zero-order valence-corrected chi connectivity index (χ0v) is 10.0. The predicted octanol–water partition coefficient (Wildman–Crippen LogP) is 2.53. The Morgan fingerprint density at radius 3 is 2.95 bits per heavy atom. The van der Waals surface area contributed by atoms with E-state index in [1.807, 2.05) is 18.2 Å². The fraction of sp³-hybridized carbons (Fsp3) is 0.0769. The van der Waals surface area contributed by atoms with E-state index in [2.05, 4.69) is 10.2 Å². The van der Waals surface area contributed by atoms with Gasteiger partial charge >= 0.3 is 5.97 Å². The van der Waals surface area contributed by atoms with Crippen molar-refractivity contribution in [1.82, 2.24) is 10.2 Å². The molecule has 0 aliphatic carbocycles. The molecule has 3 aromatic rings. The number of aromatic amines is 1. The minimum Gasteiger partial charge on any atom is -0.496 e. The summed E-state index contributed by atoms with van der Waals surface area (Å²) in [4.78, 5) is 10.8. The Morgan fingerprint density at radius 2 is 2.26 bits per heavy atom. The first-order chi connectivity index (χ1) is 9.19. The molecule has 3 rings (SSSR count). The van der Waals surface area contributed by atoms with Crippen LogP contribution in [-0.4, -0.2) is 28.4 Å². The van der Waals surface area contributed by atoms with Crippen molar-refractivity contribution in [2.24, 2.45) is 0 Å². The van der Waals surface area contributed by atoms with E-state index in [1.165, 1.54) is 6.07 Å². The molecule has 19 heavy (non-hydrogen) atoms. The summed E-state index contributed by atoms with van der Waals surface area (Å²) in [6.45, 7) is 0. The maximum absolute atomic E-state index is 10.8. The lowest BCUT2D eigenvalue weighted by Gasteiger charge is -1.98. The second-order valence-corrected chi connectivity index (χ2v) is 3.95. The van der Waals surface area contributed by atoms with Gasteiger partial charge in [0, 0.05) is 6.07 Å². The average Bonchev–Trinajstić information content (AvgIpc) is 3.04. The lowest BCUT2D eigenvalue weighted by molar-refractivity contribution is 0.0690. The predicted molar refractivity (Wildman–Crippen MR) is 67.3 cm³/mol. The number of ether oxygens (including phenoxy) is 1. The van der Waals surface area contributed by atoms with Gasteiger partial charge in [0.25, 0.3) is 0 Å². The van der Waals surface area contributed by atoms with Crippen molar-refractivity contribution in [3.05, 3.63) is 36.0 Å². The molecule has 96 valence electrons. The first kappa shape index (κ1) is 11.3. The van der Waals surface area contributed by atoms with Gasteiger partial charge < -0.3 is 14.3 Å². The van der Waals surface area contributed by atoms with Crippen LogP contribution in [0, 0.1) is 0 Å². The lowest BCUT2D eigenvalue weighted by Crippen LogP contribution is -1.95. The molecule has 1 aromatic carbocycles. The molecule has 0 atom stereocenters. The molecular weight excluding hydrogens is 248 g/mol. The summed E-state index contributed by atoms with van der Waals surface area (Å²) in [7, 11) is 1.58. The molecule has 0 radical (unpaired) electrons. The number of hydrogen-bond acceptors (Lipinski definition) is 4. The third kappa shape index (κ3) is 1.83. The number of benzene rings is 1. The van der Waals surface area contributed by atoms with Crippen LogP contribution >= 0.6 is 0 Å². The number of fused-ring (bicyclic) bond motifs is 1. The van der Waals surface area contributed by atoms with Gasteiger partial charge in [-0.05, 0) is 18.2 Å². The highest BCUT2D eigenvalue weighted by molar-refractivity contribution is 5.89. The van der Waals surface area contributed by atoms with Gasteiger partial charge in [0.05, 0.1) is 12.5 Å². The van der Waals surface area contributed by atoms with E-state index in [9.17, 15) is 4.79 Å². The number of nitrogens with zero attached hydrogens (tertiary/aromatic N) is 1. The Kier molecular flexibility index (Phi) is 2.49. The van der Waals surface area contributed by atoms with E-state index in [4.69, 9.17) is 14.3 Å². The van der Waals surface area contributed by atoms with Gasteiger partial charge in [0.1, 0.15) is 17.0 Å². The van der Waals surface area contributed by atoms with Crippen molar-refractivity contribution in [2.75, 3.05) is 7.11 Å². The van der Waals surface area contributed by atoms with Gasteiger partial charge in [-0.2, -0.15) is 5.10 Å². The quantitative estimate of drug-likeness (QED) is 0.753. The summed E-state index contributed by atoms with van der Waals surface area (Å²) in [5.74, 6) is 0.126. The van der Waals surface area contributed by atoms with Crippen molar-refractivity contribution in [3.8, 4) is 17.2 Å². The van der Waals surface area contributed by atoms with Crippen molar-refractivity contribution < 1.29 is 19.1 Å². The molecule has 0 aliphatic heterocycles. The van der Waals surface area contributed by atoms with E-state index in [0.717, 1.165) is 5.39 Å². The van der Waals surface area contributed by atoms with Crippen LogP contribution in [0.25, 0.3) is 22.4 Å². The van der Waals surface area contributed by atoms with Crippen molar-refractivity contribution >= 4 is 16.9 Å². The van der Waals surface area contributed by atoms with Crippen LogP contribution < -0.4 is 4.74 Å². The zero-order chi connectivity index (χ0) is 13.4. The summed E-state index contributed by atoms with van der Waals surface area (Å²) in [6, 6.07) is 8.68. The average molecular weight is 258 g/mol. The summed E-state index contributed by atoms with van der Waals surface area (Å²) in [5, 5.41) is 16.0. The lowest BCUT2D eigenvalue weighted by atomic mass is 10.2. The molecule has 0 aliphatic rings. The number of aromatic carboxylic acids is 1.